The second-order valence-electron chi connectivity index (χ2n) is 5.68. The number of carbonyl (C=O) groups excluding carboxylic acids is 3. The Morgan fingerprint density at radius 3 is 2.35 bits per heavy atom. The van der Waals surface area contributed by atoms with Gasteiger partial charge in [-0.2, -0.15) is 0 Å². The van der Waals surface area contributed by atoms with Crippen molar-refractivity contribution < 1.29 is 14.4 Å². The molecule has 0 atom stereocenters. The maximum absolute atomic E-state index is 12.3. The van der Waals surface area contributed by atoms with Gasteiger partial charge in [-0.15, -0.1) is 0 Å². The Bertz CT molecular complexity index is 617. The second-order valence-corrected chi connectivity index (χ2v) is 5.68. The van der Waals surface area contributed by atoms with E-state index in [1.807, 2.05) is 12.1 Å². The van der Waals surface area contributed by atoms with E-state index in [4.69, 9.17) is 0 Å². The number of carbonyl (C=O) groups is 3. The Balaban J connectivity index is 1.82. The van der Waals surface area contributed by atoms with Crippen LogP contribution in [0.1, 0.15) is 29.8 Å². The average Bonchev–Trinajstić information content (AvgIpc) is 2.77. The van der Waals surface area contributed by atoms with Gasteiger partial charge in [0.05, 0.1) is 0 Å². The molecule has 0 aromatic heterocycles. The van der Waals surface area contributed by atoms with E-state index in [-0.39, 0.29) is 30.2 Å². The highest BCUT2D eigenvalue weighted by Crippen LogP contribution is 2.30. The normalized spacial score (nSPS) is 13.3. The van der Waals surface area contributed by atoms with Crippen LogP contribution in [0, 0.1) is 5.92 Å². The molecule has 6 heteroatoms. The van der Waals surface area contributed by atoms with Crippen molar-refractivity contribution in [3.63, 3.8) is 0 Å². The molecule has 1 aliphatic rings. The Morgan fingerprint density at radius 1 is 1.13 bits per heavy atom. The van der Waals surface area contributed by atoms with Crippen LogP contribution in [-0.2, 0) is 9.59 Å². The molecule has 2 N–H and O–H groups in total. The summed E-state index contributed by atoms with van der Waals surface area (Å²) in [5.41, 5.74) is 1.86. The Morgan fingerprint density at radius 2 is 1.74 bits per heavy atom. The number of nitrogens with one attached hydrogen (secondary N) is 2. The molecule has 1 aliphatic heterocycles. The Hall–Kier alpha value is -2.63. The maximum atomic E-state index is 12.3. The van der Waals surface area contributed by atoms with Gasteiger partial charge in [0.15, 0.2) is 0 Å². The lowest BCUT2D eigenvalue weighted by molar-refractivity contribution is -0.124. The van der Waals surface area contributed by atoms with Crippen molar-refractivity contribution in [3.8, 4) is 0 Å². The minimum absolute atomic E-state index is 0.0576. The molecule has 0 aliphatic carbocycles. The number of amides is 3. The molecule has 0 spiro atoms. The third-order valence-electron chi connectivity index (χ3n) is 3.61. The highest BCUT2D eigenvalue weighted by atomic mass is 16.2. The molecule has 0 saturated carbocycles. The fraction of sp³-hybridized carbons (Fsp3) is 0.353. The summed E-state index contributed by atoms with van der Waals surface area (Å²) in [4.78, 5) is 37.0. The van der Waals surface area contributed by atoms with Crippen LogP contribution in [0.15, 0.2) is 30.8 Å². The lowest BCUT2D eigenvalue weighted by atomic mass is 10.1. The van der Waals surface area contributed by atoms with Gasteiger partial charge in [-0.1, -0.05) is 38.6 Å². The second kappa shape index (κ2) is 7.09. The zero-order valence-corrected chi connectivity index (χ0v) is 13.4. The SMILES string of the molecule is C=C1c2ccccc2C(=O)N1CC(=O)NCCNC(=O)C(C)C. The predicted octanol–water partition coefficient (Wildman–Crippen LogP) is 1.00. The van der Waals surface area contributed by atoms with Crippen molar-refractivity contribution >= 4 is 23.4 Å². The lowest BCUT2D eigenvalue weighted by Crippen LogP contribution is -2.41. The average molecular weight is 315 g/mol. The van der Waals surface area contributed by atoms with Gasteiger partial charge in [-0.25, -0.2) is 0 Å². The van der Waals surface area contributed by atoms with Crippen molar-refractivity contribution in [2.75, 3.05) is 19.6 Å². The molecule has 0 radical (unpaired) electrons. The fourth-order valence-corrected chi connectivity index (χ4v) is 2.29. The van der Waals surface area contributed by atoms with E-state index < -0.39 is 0 Å². The molecule has 0 unspecified atom stereocenters. The number of fused-ring (bicyclic) bond motifs is 1. The monoisotopic (exact) mass is 315 g/mol. The quantitative estimate of drug-likeness (QED) is 0.769. The molecule has 0 fully saturated rings. The molecule has 1 heterocycles. The van der Waals surface area contributed by atoms with Crippen molar-refractivity contribution in [1.29, 1.82) is 0 Å². The van der Waals surface area contributed by atoms with E-state index in [0.717, 1.165) is 5.56 Å². The summed E-state index contributed by atoms with van der Waals surface area (Å²) in [7, 11) is 0. The lowest BCUT2D eigenvalue weighted by Gasteiger charge is -2.17. The molecule has 1 aromatic rings. The van der Waals surface area contributed by atoms with Crippen LogP contribution in [0.3, 0.4) is 0 Å². The zero-order chi connectivity index (χ0) is 17.0. The molecule has 1 aromatic carbocycles. The third-order valence-corrected chi connectivity index (χ3v) is 3.61. The van der Waals surface area contributed by atoms with Gasteiger partial charge in [-0.3, -0.25) is 19.3 Å². The van der Waals surface area contributed by atoms with E-state index >= 15 is 0 Å². The molecule has 6 nitrogen and oxygen atoms in total. The summed E-state index contributed by atoms with van der Waals surface area (Å²) in [6, 6.07) is 7.15. The summed E-state index contributed by atoms with van der Waals surface area (Å²) in [5, 5.41) is 5.39. The number of rotatable bonds is 6. The van der Waals surface area contributed by atoms with Gasteiger partial charge < -0.3 is 10.6 Å². The first-order valence-electron chi connectivity index (χ1n) is 7.56. The van der Waals surface area contributed by atoms with Crippen LogP contribution < -0.4 is 10.6 Å². The van der Waals surface area contributed by atoms with E-state index in [9.17, 15) is 14.4 Å². The van der Waals surface area contributed by atoms with Gasteiger partial charge in [0.2, 0.25) is 11.8 Å². The molecule has 23 heavy (non-hydrogen) atoms. The first-order chi connectivity index (χ1) is 10.9. The number of benzene rings is 1. The smallest absolute Gasteiger partial charge is 0.259 e. The molecular weight excluding hydrogens is 294 g/mol. The van der Waals surface area contributed by atoms with Crippen LogP contribution >= 0.6 is 0 Å². The third kappa shape index (κ3) is 3.77. The van der Waals surface area contributed by atoms with E-state index in [2.05, 4.69) is 17.2 Å². The minimum atomic E-state index is -0.286. The van der Waals surface area contributed by atoms with E-state index in [0.29, 0.717) is 24.4 Å². The molecule has 0 bridgehead atoms. The summed E-state index contributed by atoms with van der Waals surface area (Å²) >= 11 is 0. The van der Waals surface area contributed by atoms with Crippen molar-refractivity contribution in [2.45, 2.75) is 13.8 Å². The molecule has 3 amide bonds. The summed E-state index contributed by atoms with van der Waals surface area (Å²) in [5.74, 6) is -0.646. The van der Waals surface area contributed by atoms with Gasteiger partial charge in [0.1, 0.15) is 6.54 Å². The van der Waals surface area contributed by atoms with Crippen LogP contribution in [0.4, 0.5) is 0 Å². The molecule has 122 valence electrons. The maximum Gasteiger partial charge on any atom is 0.259 e. The van der Waals surface area contributed by atoms with Crippen LogP contribution in [0.2, 0.25) is 0 Å². The van der Waals surface area contributed by atoms with Crippen molar-refractivity contribution in [1.82, 2.24) is 15.5 Å². The standard InChI is InChI=1S/C17H21N3O3/c1-11(2)16(22)19-9-8-18-15(21)10-20-12(3)13-6-4-5-7-14(13)17(20)23/h4-7,11H,3,8-10H2,1-2H3,(H,18,21)(H,19,22). The first kappa shape index (κ1) is 16.7. The predicted molar refractivity (Wildman–Crippen MR) is 87.4 cm³/mol. The molecular formula is C17H21N3O3. The Labute approximate surface area is 135 Å². The summed E-state index contributed by atoms with van der Waals surface area (Å²) in [6.07, 6.45) is 0. The van der Waals surface area contributed by atoms with Gasteiger partial charge >= 0.3 is 0 Å². The van der Waals surface area contributed by atoms with Crippen molar-refractivity contribution in [2.24, 2.45) is 5.92 Å². The fourth-order valence-electron chi connectivity index (χ4n) is 2.29. The number of hydrogen-bond acceptors (Lipinski definition) is 3. The van der Waals surface area contributed by atoms with E-state index in [1.54, 1.807) is 26.0 Å². The van der Waals surface area contributed by atoms with Gasteiger partial charge in [0, 0.05) is 35.8 Å². The van der Waals surface area contributed by atoms with Gasteiger partial charge in [-0.05, 0) is 6.07 Å². The largest absolute Gasteiger partial charge is 0.354 e. The van der Waals surface area contributed by atoms with Gasteiger partial charge in [0.25, 0.3) is 5.91 Å². The Kier molecular flexibility index (Phi) is 5.16. The highest BCUT2D eigenvalue weighted by Gasteiger charge is 2.31. The molecule has 0 saturated heterocycles. The van der Waals surface area contributed by atoms with Crippen LogP contribution in [-0.4, -0.2) is 42.3 Å². The van der Waals surface area contributed by atoms with Crippen LogP contribution in [0.5, 0.6) is 0 Å². The summed E-state index contributed by atoms with van der Waals surface area (Å²) in [6.45, 7) is 8.09. The first-order valence-corrected chi connectivity index (χ1v) is 7.56. The van der Waals surface area contributed by atoms with E-state index in [1.165, 1.54) is 4.90 Å². The number of nitrogens with zero attached hydrogens (tertiary/aromatic N) is 1. The van der Waals surface area contributed by atoms with Crippen LogP contribution in [0.25, 0.3) is 5.70 Å². The minimum Gasteiger partial charge on any atom is -0.354 e. The molecule has 2 rings (SSSR count). The summed E-state index contributed by atoms with van der Waals surface area (Å²) < 4.78 is 0. The van der Waals surface area contributed by atoms with Crippen molar-refractivity contribution in [3.05, 3.63) is 42.0 Å². The highest BCUT2D eigenvalue weighted by molar-refractivity contribution is 6.10. The number of hydrogen-bond donors (Lipinski definition) is 2. The topological polar surface area (TPSA) is 78.5 Å². The zero-order valence-electron chi connectivity index (χ0n) is 13.4.